The van der Waals surface area contributed by atoms with E-state index in [0.717, 1.165) is 28.6 Å². The highest BCUT2D eigenvalue weighted by atomic mass is 35.5. The van der Waals surface area contributed by atoms with Crippen LogP contribution in [0.5, 0.6) is 5.88 Å². The zero-order valence-corrected chi connectivity index (χ0v) is 15.4. The molecule has 7 nitrogen and oxygen atoms in total. The third kappa shape index (κ3) is 3.60. The van der Waals surface area contributed by atoms with Gasteiger partial charge in [-0.05, 0) is 24.6 Å². The number of ether oxygens (including phenoxy) is 1. The summed E-state index contributed by atoms with van der Waals surface area (Å²) < 4.78 is 5.03. The average Bonchev–Trinajstić information content (AvgIpc) is 3.38. The number of aromatic amines is 1. The Balaban J connectivity index is 1.53. The minimum atomic E-state index is -0.671. The van der Waals surface area contributed by atoms with Crippen LogP contribution in [-0.2, 0) is 6.54 Å². The molecule has 1 aliphatic rings. The number of methoxy groups -OCH3 is 1. The van der Waals surface area contributed by atoms with Crippen LogP contribution in [0.3, 0.4) is 0 Å². The molecule has 3 unspecified atom stereocenters. The molecule has 1 saturated carbocycles. The summed E-state index contributed by atoms with van der Waals surface area (Å²) in [5.74, 6) is 0.424. The molecule has 3 N–H and O–H groups in total. The van der Waals surface area contributed by atoms with Gasteiger partial charge in [-0.1, -0.05) is 11.6 Å². The molecule has 2 heterocycles. The molecule has 2 aromatic heterocycles. The van der Waals surface area contributed by atoms with Gasteiger partial charge in [0.15, 0.2) is 0 Å². The first-order valence-electron chi connectivity index (χ1n) is 8.57. The van der Waals surface area contributed by atoms with E-state index in [1.807, 2.05) is 18.2 Å². The summed E-state index contributed by atoms with van der Waals surface area (Å²) >= 11 is 6.43. The van der Waals surface area contributed by atoms with Crippen LogP contribution in [0, 0.1) is 23.2 Å². The fraction of sp³-hybridized carbons (Fsp3) is 0.316. The minimum Gasteiger partial charge on any atom is -0.480 e. The molecule has 0 radical (unpaired) electrons. The molecule has 0 amide bonds. The van der Waals surface area contributed by atoms with Gasteiger partial charge in [0.25, 0.3) is 0 Å². The number of hydrogen-bond acceptors (Lipinski definition) is 6. The number of nitrogens with zero attached hydrogens (tertiary/aromatic N) is 3. The van der Waals surface area contributed by atoms with Crippen molar-refractivity contribution in [3.63, 3.8) is 0 Å². The van der Waals surface area contributed by atoms with Crippen molar-refractivity contribution in [1.29, 1.82) is 5.26 Å². The molecule has 8 heteroatoms. The third-order valence-electron chi connectivity index (χ3n) is 4.79. The van der Waals surface area contributed by atoms with Crippen LogP contribution in [-0.4, -0.2) is 33.4 Å². The first-order chi connectivity index (χ1) is 13.1. The lowest BCUT2D eigenvalue weighted by atomic mass is 10.1. The monoisotopic (exact) mass is 383 g/mol. The van der Waals surface area contributed by atoms with E-state index in [-0.39, 0.29) is 11.8 Å². The van der Waals surface area contributed by atoms with Crippen LogP contribution in [0.2, 0.25) is 5.02 Å². The van der Waals surface area contributed by atoms with E-state index in [2.05, 4.69) is 26.3 Å². The second kappa shape index (κ2) is 7.16. The van der Waals surface area contributed by atoms with Gasteiger partial charge in [0.05, 0.1) is 42.2 Å². The highest BCUT2D eigenvalue weighted by molar-refractivity contribution is 6.34. The number of aliphatic hydroxyl groups excluding tert-OH is 1. The lowest BCUT2D eigenvalue weighted by molar-refractivity contribution is 0.109. The van der Waals surface area contributed by atoms with Gasteiger partial charge in [0.2, 0.25) is 5.88 Å². The van der Waals surface area contributed by atoms with E-state index in [1.54, 1.807) is 12.4 Å². The number of halogens is 1. The van der Waals surface area contributed by atoms with Crippen molar-refractivity contribution < 1.29 is 9.84 Å². The van der Waals surface area contributed by atoms with Crippen LogP contribution in [0.25, 0.3) is 22.2 Å². The van der Waals surface area contributed by atoms with E-state index in [1.165, 1.54) is 7.11 Å². The van der Waals surface area contributed by atoms with E-state index in [0.29, 0.717) is 23.1 Å². The topological polar surface area (TPSA) is 107 Å². The number of nitriles is 1. The normalized spacial score (nSPS) is 19.6. The fourth-order valence-electron chi connectivity index (χ4n) is 3.14. The van der Waals surface area contributed by atoms with Gasteiger partial charge < -0.3 is 14.8 Å². The molecule has 1 fully saturated rings. The lowest BCUT2D eigenvalue weighted by Gasteiger charge is -2.10. The van der Waals surface area contributed by atoms with E-state index < -0.39 is 6.23 Å². The Kier molecular flexibility index (Phi) is 4.70. The van der Waals surface area contributed by atoms with Crippen LogP contribution in [0.15, 0.2) is 30.6 Å². The number of benzene rings is 1. The van der Waals surface area contributed by atoms with E-state index in [4.69, 9.17) is 21.6 Å². The van der Waals surface area contributed by atoms with Crippen LogP contribution >= 0.6 is 11.6 Å². The van der Waals surface area contributed by atoms with Gasteiger partial charge >= 0.3 is 0 Å². The van der Waals surface area contributed by atoms with Gasteiger partial charge in [0, 0.05) is 34.6 Å². The van der Waals surface area contributed by atoms with Crippen molar-refractivity contribution >= 4 is 22.5 Å². The van der Waals surface area contributed by atoms with Gasteiger partial charge in [-0.15, -0.1) is 0 Å². The summed E-state index contributed by atoms with van der Waals surface area (Å²) in [6.07, 6.45) is 3.25. The number of rotatable bonds is 6. The number of hydrogen-bond donors (Lipinski definition) is 3. The SMILES string of the molecule is COc1cnc(-c2cc3[nH]c(CNC(O)C4CC4C#N)cc3cc2Cl)cn1. The molecule has 3 atom stereocenters. The Hall–Kier alpha value is -2.66. The quantitative estimate of drug-likeness (QED) is 0.565. The summed E-state index contributed by atoms with van der Waals surface area (Å²) in [5.41, 5.74) is 3.27. The van der Waals surface area contributed by atoms with Gasteiger partial charge in [0.1, 0.15) is 6.23 Å². The summed E-state index contributed by atoms with van der Waals surface area (Å²) in [5, 5.41) is 23.6. The molecule has 1 aromatic carbocycles. The Morgan fingerprint density at radius 1 is 1.41 bits per heavy atom. The predicted molar refractivity (Wildman–Crippen MR) is 101 cm³/mol. The molecular formula is C19H18ClN5O2. The Labute approximate surface area is 161 Å². The molecule has 27 heavy (non-hydrogen) atoms. The van der Waals surface area contributed by atoms with Crippen molar-refractivity contribution in [2.45, 2.75) is 19.2 Å². The highest BCUT2D eigenvalue weighted by Crippen LogP contribution is 2.39. The van der Waals surface area contributed by atoms with Crippen LogP contribution in [0.1, 0.15) is 12.1 Å². The molecule has 1 aliphatic carbocycles. The largest absolute Gasteiger partial charge is 0.480 e. The number of aliphatic hydroxyl groups is 1. The summed E-state index contributed by atoms with van der Waals surface area (Å²) in [4.78, 5) is 11.8. The minimum absolute atomic E-state index is 0.0223. The second-order valence-electron chi connectivity index (χ2n) is 6.62. The molecule has 0 saturated heterocycles. The Morgan fingerprint density at radius 3 is 2.93 bits per heavy atom. The summed E-state index contributed by atoms with van der Waals surface area (Å²) in [6.45, 7) is 0.472. The maximum Gasteiger partial charge on any atom is 0.232 e. The summed E-state index contributed by atoms with van der Waals surface area (Å²) in [7, 11) is 1.54. The molecular weight excluding hydrogens is 366 g/mol. The summed E-state index contributed by atoms with van der Waals surface area (Å²) in [6, 6.07) is 7.98. The van der Waals surface area contributed by atoms with Crippen molar-refractivity contribution in [3.8, 4) is 23.2 Å². The van der Waals surface area contributed by atoms with Crippen LogP contribution < -0.4 is 10.1 Å². The smallest absolute Gasteiger partial charge is 0.232 e. The van der Waals surface area contributed by atoms with Crippen molar-refractivity contribution in [2.24, 2.45) is 11.8 Å². The lowest BCUT2D eigenvalue weighted by Crippen LogP contribution is -2.30. The number of H-pyrrole nitrogens is 1. The molecule has 0 aliphatic heterocycles. The van der Waals surface area contributed by atoms with Crippen molar-refractivity contribution in [2.75, 3.05) is 7.11 Å². The Bertz CT molecular complexity index is 1010. The van der Waals surface area contributed by atoms with Crippen LogP contribution in [0.4, 0.5) is 0 Å². The van der Waals surface area contributed by atoms with Gasteiger partial charge in [-0.2, -0.15) is 5.26 Å². The zero-order chi connectivity index (χ0) is 19.0. The van der Waals surface area contributed by atoms with Gasteiger partial charge in [-0.3, -0.25) is 5.32 Å². The number of aromatic nitrogens is 3. The molecule has 3 aromatic rings. The highest BCUT2D eigenvalue weighted by Gasteiger charge is 2.42. The number of fused-ring (bicyclic) bond motifs is 1. The van der Waals surface area contributed by atoms with Gasteiger partial charge in [-0.25, -0.2) is 9.97 Å². The average molecular weight is 384 g/mol. The molecule has 4 rings (SSSR count). The zero-order valence-electron chi connectivity index (χ0n) is 14.6. The first kappa shape index (κ1) is 17.7. The predicted octanol–water partition coefficient (Wildman–Crippen LogP) is 2.85. The maximum atomic E-state index is 10.1. The van der Waals surface area contributed by atoms with E-state index in [9.17, 15) is 5.11 Å². The molecule has 0 spiro atoms. The molecule has 0 bridgehead atoms. The standard InChI is InChI=1S/C19H18ClN5O2/c1-27-18-9-22-17(8-23-18)14-5-16-10(4-15(14)20)2-12(25-16)7-24-19(26)13-3-11(13)6-21/h2,4-5,8-9,11,13,19,24-26H,3,7H2,1H3. The molecule has 138 valence electrons. The second-order valence-corrected chi connectivity index (χ2v) is 7.03. The number of nitrogens with one attached hydrogen (secondary N) is 2. The Morgan fingerprint density at radius 2 is 2.26 bits per heavy atom. The first-order valence-corrected chi connectivity index (χ1v) is 8.95. The third-order valence-corrected chi connectivity index (χ3v) is 5.10. The fourth-order valence-corrected chi connectivity index (χ4v) is 3.41. The van der Waals surface area contributed by atoms with Crippen molar-refractivity contribution in [1.82, 2.24) is 20.3 Å². The van der Waals surface area contributed by atoms with E-state index >= 15 is 0 Å². The maximum absolute atomic E-state index is 10.1. The van der Waals surface area contributed by atoms with Crippen molar-refractivity contribution in [3.05, 3.63) is 41.3 Å².